The molecule has 4 nitrogen and oxygen atoms in total. The quantitative estimate of drug-likeness (QED) is 0.631. The van der Waals surface area contributed by atoms with Crippen LogP contribution in [0, 0.1) is 4.77 Å². The van der Waals surface area contributed by atoms with Gasteiger partial charge in [0.05, 0.1) is 12.2 Å². The number of halogens is 2. The molecular weight excluding hydrogens is 338 g/mol. The molecule has 1 aromatic heterocycles. The summed E-state index contributed by atoms with van der Waals surface area (Å²) in [5.41, 5.74) is 0.572. The first kappa shape index (κ1) is 13.6. The molecule has 96 valence electrons. The molecule has 0 atom stereocenters. The summed E-state index contributed by atoms with van der Waals surface area (Å²) in [6, 6.07) is 7.02. The summed E-state index contributed by atoms with van der Waals surface area (Å²) in [4.78, 5) is 12.3. The van der Waals surface area contributed by atoms with Gasteiger partial charge in [0.2, 0.25) is 4.77 Å². The number of hydrogen-bond acceptors (Lipinski definition) is 2. The van der Waals surface area contributed by atoms with Crippen LogP contribution in [0.2, 0.25) is 5.02 Å². The lowest BCUT2D eigenvalue weighted by molar-refractivity contribution is 0.520. The Morgan fingerprint density at radius 2 is 1.94 bits per heavy atom. The van der Waals surface area contributed by atoms with Gasteiger partial charge >= 0.3 is 5.69 Å². The van der Waals surface area contributed by atoms with Crippen LogP contribution < -0.4 is 5.69 Å². The lowest BCUT2D eigenvalue weighted by Crippen LogP contribution is -2.26. The normalized spacial score (nSPS) is 10.8. The summed E-state index contributed by atoms with van der Waals surface area (Å²) in [6.07, 6.45) is 0. The van der Waals surface area contributed by atoms with Crippen LogP contribution >= 0.6 is 39.7 Å². The van der Waals surface area contributed by atoms with E-state index in [1.54, 1.807) is 40.7 Å². The second-order valence-electron chi connectivity index (χ2n) is 3.71. The Morgan fingerprint density at radius 1 is 1.33 bits per heavy atom. The minimum Gasteiger partial charge on any atom is -0.259 e. The van der Waals surface area contributed by atoms with Crippen molar-refractivity contribution in [1.82, 2.24) is 13.9 Å². The third-order valence-electron chi connectivity index (χ3n) is 2.62. The summed E-state index contributed by atoms with van der Waals surface area (Å²) < 4.78 is 5.22. The lowest BCUT2D eigenvalue weighted by atomic mass is 10.3. The Morgan fingerprint density at radius 3 is 2.50 bits per heavy atom. The van der Waals surface area contributed by atoms with Gasteiger partial charge in [0, 0.05) is 17.4 Å². The van der Waals surface area contributed by atoms with Crippen LogP contribution in [0.5, 0.6) is 0 Å². The zero-order valence-electron chi connectivity index (χ0n) is 9.64. The van der Waals surface area contributed by atoms with Crippen LogP contribution in [-0.4, -0.2) is 19.3 Å². The van der Waals surface area contributed by atoms with Crippen molar-refractivity contribution >= 4 is 39.7 Å². The van der Waals surface area contributed by atoms with E-state index in [0.29, 0.717) is 21.7 Å². The van der Waals surface area contributed by atoms with Crippen LogP contribution in [0.4, 0.5) is 0 Å². The summed E-state index contributed by atoms with van der Waals surface area (Å²) in [5.74, 6) is 0. The maximum absolute atomic E-state index is 12.3. The molecule has 1 heterocycles. The second-order valence-corrected chi connectivity index (χ2v) is 5.31. The second kappa shape index (κ2) is 5.42. The predicted molar refractivity (Wildman–Crippen MR) is 78.6 cm³/mol. The van der Waals surface area contributed by atoms with Gasteiger partial charge in [-0.05, 0) is 36.5 Å². The van der Waals surface area contributed by atoms with E-state index in [-0.39, 0.29) is 5.69 Å². The van der Waals surface area contributed by atoms with Crippen LogP contribution in [0.3, 0.4) is 0 Å². The number of aromatic nitrogens is 3. The molecule has 0 aliphatic rings. The molecule has 0 radical (unpaired) electrons. The fourth-order valence-electron chi connectivity index (χ4n) is 1.71. The number of alkyl halides is 1. The molecule has 0 amide bonds. The van der Waals surface area contributed by atoms with Gasteiger partial charge in [-0.3, -0.25) is 4.68 Å². The molecule has 18 heavy (non-hydrogen) atoms. The highest BCUT2D eigenvalue weighted by molar-refractivity contribution is 9.09. The first-order valence-corrected chi connectivity index (χ1v) is 7.18. The van der Waals surface area contributed by atoms with Gasteiger partial charge < -0.3 is 0 Å². The summed E-state index contributed by atoms with van der Waals surface area (Å²) in [7, 11) is 1.78. The van der Waals surface area contributed by atoms with Gasteiger partial charge in [-0.25, -0.2) is 14.0 Å². The van der Waals surface area contributed by atoms with E-state index in [4.69, 9.17) is 23.8 Å². The smallest absolute Gasteiger partial charge is 0.259 e. The fourth-order valence-corrected chi connectivity index (χ4v) is 2.45. The first-order chi connectivity index (χ1) is 8.56. The Kier molecular flexibility index (Phi) is 4.09. The first-order valence-electron chi connectivity index (χ1n) is 5.27. The molecule has 0 bridgehead atoms. The third-order valence-corrected chi connectivity index (χ3v) is 3.68. The van der Waals surface area contributed by atoms with Crippen LogP contribution in [-0.2, 0) is 13.6 Å². The molecule has 0 N–H and O–H groups in total. The Balaban J connectivity index is 2.65. The molecular formula is C11H11BrClN3OS. The van der Waals surface area contributed by atoms with E-state index >= 15 is 0 Å². The largest absolute Gasteiger partial charge is 0.349 e. The monoisotopic (exact) mass is 347 g/mol. The van der Waals surface area contributed by atoms with E-state index in [0.717, 1.165) is 5.69 Å². The SMILES string of the molecule is Cn1c(=S)n(-c2ccc(Cl)cc2)c(=O)n1CCBr. The predicted octanol–water partition coefficient (Wildman–Crippen LogP) is 2.76. The number of benzene rings is 1. The molecule has 0 unspecified atom stereocenters. The van der Waals surface area contributed by atoms with Crippen molar-refractivity contribution in [2.24, 2.45) is 7.05 Å². The molecule has 0 spiro atoms. The van der Waals surface area contributed by atoms with Crippen LogP contribution in [0.15, 0.2) is 29.1 Å². The molecule has 0 aliphatic heterocycles. The summed E-state index contributed by atoms with van der Waals surface area (Å²) in [5, 5.41) is 1.32. The van der Waals surface area contributed by atoms with Gasteiger partial charge in [-0.1, -0.05) is 27.5 Å². The fraction of sp³-hybridized carbons (Fsp3) is 0.273. The molecule has 0 saturated carbocycles. The van der Waals surface area contributed by atoms with Crippen molar-refractivity contribution in [2.75, 3.05) is 5.33 Å². The number of rotatable bonds is 3. The van der Waals surface area contributed by atoms with Crippen molar-refractivity contribution in [3.05, 3.63) is 44.5 Å². The van der Waals surface area contributed by atoms with E-state index in [9.17, 15) is 4.79 Å². The number of hydrogen-bond donors (Lipinski definition) is 0. The summed E-state index contributed by atoms with van der Waals surface area (Å²) in [6.45, 7) is 0.569. The molecule has 2 aromatic rings. The Bertz CT molecular complexity index is 671. The minimum atomic E-state index is -0.149. The van der Waals surface area contributed by atoms with Gasteiger partial charge in [0.1, 0.15) is 0 Å². The van der Waals surface area contributed by atoms with Crippen molar-refractivity contribution in [1.29, 1.82) is 0 Å². The zero-order valence-corrected chi connectivity index (χ0v) is 12.8. The van der Waals surface area contributed by atoms with E-state index in [1.807, 2.05) is 0 Å². The molecule has 0 fully saturated rings. The van der Waals surface area contributed by atoms with Crippen molar-refractivity contribution in [2.45, 2.75) is 6.54 Å². The van der Waals surface area contributed by atoms with Crippen LogP contribution in [0.1, 0.15) is 0 Å². The highest BCUT2D eigenvalue weighted by Crippen LogP contribution is 2.12. The van der Waals surface area contributed by atoms with Gasteiger partial charge in [-0.2, -0.15) is 0 Å². The van der Waals surface area contributed by atoms with Crippen LogP contribution in [0.25, 0.3) is 5.69 Å². The van der Waals surface area contributed by atoms with E-state index in [2.05, 4.69) is 15.9 Å². The van der Waals surface area contributed by atoms with Crippen molar-refractivity contribution < 1.29 is 0 Å². The molecule has 0 saturated heterocycles. The lowest BCUT2D eigenvalue weighted by Gasteiger charge is -2.00. The highest BCUT2D eigenvalue weighted by atomic mass is 79.9. The average molecular weight is 349 g/mol. The highest BCUT2D eigenvalue weighted by Gasteiger charge is 2.11. The molecule has 1 aromatic carbocycles. The van der Waals surface area contributed by atoms with E-state index in [1.165, 1.54) is 4.57 Å². The Labute approximate surface area is 123 Å². The maximum atomic E-state index is 12.3. The molecule has 7 heteroatoms. The third kappa shape index (κ3) is 2.32. The zero-order chi connectivity index (χ0) is 13.3. The molecule has 0 aliphatic carbocycles. The number of nitrogens with zero attached hydrogens (tertiary/aromatic N) is 3. The average Bonchev–Trinajstić information content (AvgIpc) is 2.56. The van der Waals surface area contributed by atoms with Gasteiger partial charge in [0.25, 0.3) is 0 Å². The topological polar surface area (TPSA) is 31.9 Å². The van der Waals surface area contributed by atoms with E-state index < -0.39 is 0 Å². The Hall–Kier alpha value is -0.850. The maximum Gasteiger partial charge on any atom is 0.349 e. The van der Waals surface area contributed by atoms with Crippen molar-refractivity contribution in [3.8, 4) is 5.69 Å². The molecule has 2 rings (SSSR count). The summed E-state index contributed by atoms with van der Waals surface area (Å²) >= 11 is 14.4. The van der Waals surface area contributed by atoms with Gasteiger partial charge in [-0.15, -0.1) is 0 Å². The van der Waals surface area contributed by atoms with Gasteiger partial charge in [0.15, 0.2) is 0 Å². The standard InChI is InChI=1S/C11H11BrClN3OS/c1-14-11(18)16(10(17)15(14)7-6-12)9-4-2-8(13)3-5-9/h2-5H,6-7H2,1H3. The minimum absolute atomic E-state index is 0.149. The van der Waals surface area contributed by atoms with Crippen molar-refractivity contribution in [3.63, 3.8) is 0 Å².